The lowest BCUT2D eigenvalue weighted by molar-refractivity contribution is -0.133. The summed E-state index contributed by atoms with van der Waals surface area (Å²) in [5.41, 5.74) is -0.135. The molecule has 7 nitrogen and oxygen atoms in total. The van der Waals surface area contributed by atoms with E-state index < -0.39 is 13.6 Å². The Labute approximate surface area is 92.8 Å². The van der Waals surface area contributed by atoms with Gasteiger partial charge in [0.05, 0.1) is 38.2 Å². The predicted molar refractivity (Wildman–Crippen MR) is 55.3 cm³/mol. The molecular weight excluding hydrogens is 239 g/mol. The minimum Gasteiger partial charge on any atom is -0.478 e. The summed E-state index contributed by atoms with van der Waals surface area (Å²) in [5, 5.41) is 16.8. The molecule has 0 aliphatic rings. The Morgan fingerprint density at radius 2 is 2.00 bits per heavy atom. The molecule has 1 atom stereocenters. The fourth-order valence-corrected chi connectivity index (χ4v) is 1.54. The van der Waals surface area contributed by atoms with Crippen molar-refractivity contribution in [2.75, 3.05) is 32.6 Å². The van der Waals surface area contributed by atoms with Crippen molar-refractivity contribution >= 4 is 13.6 Å². The molecule has 0 bridgehead atoms. The van der Waals surface area contributed by atoms with Gasteiger partial charge in [0.15, 0.2) is 0 Å². The van der Waals surface area contributed by atoms with E-state index in [1.54, 1.807) is 0 Å². The number of hydrogen-bond acceptors (Lipinski definition) is 5. The zero-order chi connectivity index (χ0) is 12.6. The van der Waals surface area contributed by atoms with Crippen molar-refractivity contribution < 1.29 is 33.7 Å². The number of ether oxygens (including phenoxy) is 1. The Kier molecular flexibility index (Phi) is 7.20. The number of carbonyl (C=O) groups is 1. The molecule has 0 aromatic rings. The first-order valence-electron chi connectivity index (χ1n) is 4.45. The summed E-state index contributed by atoms with van der Waals surface area (Å²) in [5.74, 6) is -1.18. The number of aliphatic carboxylic acids is 1. The van der Waals surface area contributed by atoms with Gasteiger partial charge in [0.25, 0.3) is 0 Å². The molecular formula is C8H15O7P. The zero-order valence-corrected chi connectivity index (χ0v) is 9.56. The van der Waals surface area contributed by atoms with Crippen molar-refractivity contribution in [1.29, 1.82) is 0 Å². The average Bonchev–Trinajstić information content (AvgIpc) is 2.21. The van der Waals surface area contributed by atoms with Crippen LogP contribution >= 0.6 is 7.60 Å². The fraction of sp³-hybridized carbons (Fsp3) is 0.625. The van der Waals surface area contributed by atoms with Crippen LogP contribution in [0.5, 0.6) is 0 Å². The van der Waals surface area contributed by atoms with Crippen LogP contribution in [0.1, 0.15) is 0 Å². The van der Waals surface area contributed by atoms with Gasteiger partial charge in [0, 0.05) is 0 Å². The molecule has 3 N–H and O–H groups in total. The highest BCUT2D eigenvalue weighted by Crippen LogP contribution is 2.40. The van der Waals surface area contributed by atoms with E-state index >= 15 is 0 Å². The lowest BCUT2D eigenvalue weighted by Crippen LogP contribution is -2.10. The number of carboxylic acid groups (broad SMARTS) is 1. The molecule has 0 aromatic carbocycles. The van der Waals surface area contributed by atoms with Crippen LogP contribution in [-0.2, 0) is 18.6 Å². The quantitative estimate of drug-likeness (QED) is 0.297. The molecule has 0 aromatic heterocycles. The first kappa shape index (κ1) is 15.3. The van der Waals surface area contributed by atoms with Gasteiger partial charge in [-0.15, -0.1) is 0 Å². The van der Waals surface area contributed by atoms with Crippen molar-refractivity contribution in [1.82, 2.24) is 0 Å². The number of rotatable bonds is 9. The minimum absolute atomic E-state index is 0.120. The molecule has 0 saturated heterocycles. The van der Waals surface area contributed by atoms with Gasteiger partial charge in [-0.2, -0.15) is 0 Å². The molecule has 16 heavy (non-hydrogen) atoms. The monoisotopic (exact) mass is 254 g/mol. The Bertz CT molecular complexity index is 288. The molecule has 0 amide bonds. The van der Waals surface area contributed by atoms with Gasteiger partial charge in [-0.25, -0.2) is 4.79 Å². The summed E-state index contributed by atoms with van der Waals surface area (Å²) in [4.78, 5) is 19.4. The number of aliphatic hydroxyl groups excluding tert-OH is 1. The molecule has 0 spiro atoms. The van der Waals surface area contributed by atoms with Gasteiger partial charge in [-0.3, -0.25) is 4.57 Å². The van der Waals surface area contributed by atoms with E-state index in [0.717, 1.165) is 0 Å². The minimum atomic E-state index is -3.75. The predicted octanol–water partition coefficient (Wildman–Crippen LogP) is -0.162. The van der Waals surface area contributed by atoms with E-state index in [1.165, 1.54) is 0 Å². The maximum atomic E-state index is 11.2. The van der Waals surface area contributed by atoms with Crippen molar-refractivity contribution in [2.45, 2.75) is 0 Å². The molecule has 0 rings (SSSR count). The average molecular weight is 254 g/mol. The fourth-order valence-electron chi connectivity index (χ4n) is 0.685. The number of hydrogen-bond donors (Lipinski definition) is 3. The van der Waals surface area contributed by atoms with E-state index in [1.807, 2.05) is 0 Å². The van der Waals surface area contributed by atoms with Crippen LogP contribution in [0.2, 0.25) is 0 Å². The zero-order valence-electron chi connectivity index (χ0n) is 8.66. The molecule has 1 unspecified atom stereocenters. The first-order valence-corrected chi connectivity index (χ1v) is 6.21. The summed E-state index contributed by atoms with van der Waals surface area (Å²) in [7, 11) is -3.75. The second kappa shape index (κ2) is 7.54. The normalized spacial score (nSPS) is 14.4. The van der Waals surface area contributed by atoms with E-state index in [4.69, 9.17) is 19.8 Å². The van der Waals surface area contributed by atoms with Crippen molar-refractivity contribution in [3.05, 3.63) is 12.2 Å². The van der Waals surface area contributed by atoms with Gasteiger partial charge in [0.2, 0.25) is 0 Å². The van der Waals surface area contributed by atoms with Crippen molar-refractivity contribution in [2.24, 2.45) is 0 Å². The number of aliphatic hydroxyl groups is 1. The van der Waals surface area contributed by atoms with Gasteiger partial charge in [0.1, 0.15) is 0 Å². The van der Waals surface area contributed by atoms with Gasteiger partial charge < -0.3 is 24.4 Å². The van der Waals surface area contributed by atoms with Crippen molar-refractivity contribution in [3.63, 3.8) is 0 Å². The Morgan fingerprint density at radius 1 is 1.38 bits per heavy atom. The summed E-state index contributed by atoms with van der Waals surface area (Å²) < 4.78 is 20.4. The SMILES string of the molecule is C=C(COCCP(=O)(O)OCCO)C(=O)O. The second-order valence-electron chi connectivity index (χ2n) is 2.88. The lowest BCUT2D eigenvalue weighted by atomic mass is 10.3. The molecule has 0 heterocycles. The maximum absolute atomic E-state index is 11.2. The third-order valence-electron chi connectivity index (χ3n) is 1.48. The smallest absolute Gasteiger partial charge is 0.333 e. The summed E-state index contributed by atoms with van der Waals surface area (Å²) in [6.45, 7) is 2.31. The highest BCUT2D eigenvalue weighted by molar-refractivity contribution is 7.52. The highest BCUT2D eigenvalue weighted by atomic mass is 31.2. The third-order valence-corrected chi connectivity index (χ3v) is 2.81. The van der Waals surface area contributed by atoms with E-state index in [2.05, 4.69) is 11.1 Å². The van der Waals surface area contributed by atoms with Crippen molar-refractivity contribution in [3.8, 4) is 0 Å². The van der Waals surface area contributed by atoms with E-state index in [-0.39, 0.29) is 38.2 Å². The Hall–Kier alpha value is -0.720. The van der Waals surface area contributed by atoms with Gasteiger partial charge >= 0.3 is 13.6 Å². The summed E-state index contributed by atoms with van der Waals surface area (Å²) in [6.07, 6.45) is -0.264. The van der Waals surface area contributed by atoms with Crippen LogP contribution < -0.4 is 0 Å². The molecule has 0 aliphatic carbocycles. The molecule has 0 aliphatic heterocycles. The van der Waals surface area contributed by atoms with Crippen LogP contribution in [0.15, 0.2) is 12.2 Å². The lowest BCUT2D eigenvalue weighted by Gasteiger charge is -2.11. The van der Waals surface area contributed by atoms with Crippen LogP contribution in [0, 0.1) is 0 Å². The molecule has 94 valence electrons. The second-order valence-corrected chi connectivity index (χ2v) is 4.86. The van der Waals surface area contributed by atoms with Crippen LogP contribution in [0.4, 0.5) is 0 Å². The van der Waals surface area contributed by atoms with E-state index in [9.17, 15) is 9.36 Å². The largest absolute Gasteiger partial charge is 0.478 e. The summed E-state index contributed by atoms with van der Waals surface area (Å²) in [6, 6.07) is 0. The van der Waals surface area contributed by atoms with Crippen LogP contribution in [0.25, 0.3) is 0 Å². The highest BCUT2D eigenvalue weighted by Gasteiger charge is 2.18. The Morgan fingerprint density at radius 3 is 2.50 bits per heavy atom. The molecule has 0 radical (unpaired) electrons. The number of carboxylic acids is 1. The topological polar surface area (TPSA) is 113 Å². The molecule has 0 fully saturated rings. The standard InChI is InChI=1S/C8H15O7P/c1-7(8(10)11)6-14-4-5-16(12,13)15-3-2-9/h9H,1-6H2,(H,10,11)(H,12,13). The van der Waals surface area contributed by atoms with Gasteiger partial charge in [-0.05, 0) is 0 Å². The van der Waals surface area contributed by atoms with Crippen LogP contribution in [-0.4, -0.2) is 53.7 Å². The molecule has 8 heteroatoms. The summed E-state index contributed by atoms with van der Waals surface area (Å²) >= 11 is 0. The molecule has 0 saturated carbocycles. The maximum Gasteiger partial charge on any atom is 0.333 e. The third kappa shape index (κ3) is 7.56. The van der Waals surface area contributed by atoms with Crippen LogP contribution in [0.3, 0.4) is 0 Å². The first-order chi connectivity index (χ1) is 7.39. The Balaban J connectivity index is 3.69. The van der Waals surface area contributed by atoms with Gasteiger partial charge in [-0.1, -0.05) is 6.58 Å². The van der Waals surface area contributed by atoms with E-state index in [0.29, 0.717) is 0 Å².